The number of aldehydes is 1. The van der Waals surface area contributed by atoms with Gasteiger partial charge < -0.3 is 9.53 Å². The van der Waals surface area contributed by atoms with E-state index >= 15 is 0 Å². The van der Waals surface area contributed by atoms with Gasteiger partial charge in [0.15, 0.2) is 0 Å². The van der Waals surface area contributed by atoms with Gasteiger partial charge in [-0.3, -0.25) is 0 Å². The van der Waals surface area contributed by atoms with Crippen molar-refractivity contribution in [2.45, 2.75) is 31.8 Å². The Balaban J connectivity index is 1.86. The summed E-state index contributed by atoms with van der Waals surface area (Å²) in [7, 11) is 0. The fourth-order valence-corrected chi connectivity index (χ4v) is 1.78. The van der Waals surface area contributed by atoms with Crippen LogP contribution in [0, 0.1) is 11.8 Å². The third-order valence-corrected chi connectivity index (χ3v) is 2.70. The van der Waals surface area contributed by atoms with Gasteiger partial charge in [-0.1, -0.05) is 0 Å². The van der Waals surface area contributed by atoms with Crippen LogP contribution in [0.2, 0.25) is 0 Å². The van der Waals surface area contributed by atoms with Gasteiger partial charge in [0.2, 0.25) is 0 Å². The van der Waals surface area contributed by atoms with Crippen LogP contribution < -0.4 is 0 Å². The predicted octanol–water partition coefficient (Wildman–Crippen LogP) is 1.39. The smallest absolute Gasteiger partial charge is 0.123 e. The summed E-state index contributed by atoms with van der Waals surface area (Å²) in [5, 5.41) is 0. The molecule has 62 valence electrons. The summed E-state index contributed by atoms with van der Waals surface area (Å²) in [6.45, 7) is 0.796. The summed E-state index contributed by atoms with van der Waals surface area (Å²) in [6, 6.07) is 0. The molecule has 2 fully saturated rings. The average Bonchev–Trinajstić information content (AvgIpc) is 2.87. The van der Waals surface area contributed by atoms with Crippen LogP contribution in [0.3, 0.4) is 0 Å². The van der Waals surface area contributed by atoms with E-state index in [0.717, 1.165) is 31.7 Å². The Labute approximate surface area is 66.9 Å². The summed E-state index contributed by atoms with van der Waals surface area (Å²) >= 11 is 0. The molecule has 1 saturated carbocycles. The van der Waals surface area contributed by atoms with Gasteiger partial charge in [0, 0.05) is 12.5 Å². The minimum absolute atomic E-state index is 0.286. The molecule has 0 unspecified atom stereocenters. The van der Waals surface area contributed by atoms with E-state index in [4.69, 9.17) is 4.74 Å². The van der Waals surface area contributed by atoms with Gasteiger partial charge in [0.25, 0.3) is 0 Å². The number of ether oxygens (including phenoxy) is 1. The molecule has 1 aliphatic heterocycles. The molecule has 2 heteroatoms. The van der Waals surface area contributed by atoms with Gasteiger partial charge in [-0.2, -0.15) is 0 Å². The molecule has 0 aromatic rings. The molecule has 2 aliphatic rings. The van der Waals surface area contributed by atoms with Crippen LogP contribution in [0.4, 0.5) is 0 Å². The maximum absolute atomic E-state index is 10.5. The lowest BCUT2D eigenvalue weighted by molar-refractivity contribution is -0.116. The van der Waals surface area contributed by atoms with Crippen molar-refractivity contribution in [2.75, 3.05) is 6.61 Å². The lowest BCUT2D eigenvalue weighted by Gasteiger charge is -2.26. The first-order valence-corrected chi connectivity index (χ1v) is 4.47. The van der Waals surface area contributed by atoms with Crippen molar-refractivity contribution in [2.24, 2.45) is 11.8 Å². The molecule has 0 spiro atoms. The number of hydrogen-bond donors (Lipinski definition) is 0. The number of hydrogen-bond acceptors (Lipinski definition) is 2. The molecule has 2 atom stereocenters. The summed E-state index contributed by atoms with van der Waals surface area (Å²) in [6.07, 6.45) is 6.06. The van der Waals surface area contributed by atoms with Crippen molar-refractivity contribution in [3.8, 4) is 0 Å². The highest BCUT2D eigenvalue weighted by atomic mass is 16.5. The second-order valence-corrected chi connectivity index (χ2v) is 3.67. The Morgan fingerprint density at radius 1 is 1.27 bits per heavy atom. The highest BCUT2D eigenvalue weighted by molar-refractivity contribution is 5.53. The van der Waals surface area contributed by atoms with Crippen molar-refractivity contribution in [1.29, 1.82) is 0 Å². The lowest BCUT2D eigenvalue weighted by Crippen LogP contribution is -2.27. The molecule has 0 bridgehead atoms. The van der Waals surface area contributed by atoms with Crippen LogP contribution in [0.25, 0.3) is 0 Å². The third-order valence-electron chi connectivity index (χ3n) is 2.70. The Bertz CT molecular complexity index is 152. The fraction of sp³-hybridized carbons (Fsp3) is 0.889. The van der Waals surface area contributed by atoms with Gasteiger partial charge in [-0.15, -0.1) is 0 Å². The summed E-state index contributed by atoms with van der Waals surface area (Å²) < 4.78 is 5.58. The molecular weight excluding hydrogens is 140 g/mol. The molecule has 2 nitrogen and oxygen atoms in total. The first-order valence-electron chi connectivity index (χ1n) is 4.47. The molecule has 0 aromatic carbocycles. The molecule has 0 aromatic heterocycles. The fourth-order valence-electron chi connectivity index (χ4n) is 1.78. The van der Waals surface area contributed by atoms with E-state index in [1.165, 1.54) is 12.8 Å². The molecule has 1 aliphatic carbocycles. The van der Waals surface area contributed by atoms with Crippen LogP contribution >= 0.6 is 0 Å². The predicted molar refractivity (Wildman–Crippen MR) is 41.3 cm³/mol. The molecular formula is C9H14O2. The molecule has 0 N–H and O–H groups in total. The standard InChI is InChI=1S/C9H14O2/c10-6-7-3-4-11-9(5-7)8-1-2-8/h6-9H,1-5H2/t7-,9-/m1/s1. The SMILES string of the molecule is O=C[C@@H]1CCO[C@@H](C2CC2)C1. The van der Waals surface area contributed by atoms with E-state index in [1.54, 1.807) is 0 Å². The summed E-state index contributed by atoms with van der Waals surface area (Å²) in [5.41, 5.74) is 0. The van der Waals surface area contributed by atoms with Crippen molar-refractivity contribution in [1.82, 2.24) is 0 Å². The Morgan fingerprint density at radius 3 is 2.73 bits per heavy atom. The van der Waals surface area contributed by atoms with E-state index in [0.29, 0.717) is 6.10 Å². The number of carbonyl (C=O) groups excluding carboxylic acids is 1. The summed E-state index contributed by atoms with van der Waals surface area (Å²) in [5.74, 6) is 1.08. The van der Waals surface area contributed by atoms with Crippen molar-refractivity contribution < 1.29 is 9.53 Å². The molecule has 11 heavy (non-hydrogen) atoms. The molecule has 1 saturated heterocycles. The summed E-state index contributed by atoms with van der Waals surface area (Å²) in [4.78, 5) is 10.5. The van der Waals surface area contributed by atoms with Crippen LogP contribution in [0.5, 0.6) is 0 Å². The Hall–Kier alpha value is -0.370. The van der Waals surface area contributed by atoms with E-state index in [9.17, 15) is 4.79 Å². The topological polar surface area (TPSA) is 26.3 Å². The minimum atomic E-state index is 0.286. The highest BCUT2D eigenvalue weighted by Crippen LogP contribution is 2.38. The van der Waals surface area contributed by atoms with Gasteiger partial charge in [-0.25, -0.2) is 0 Å². The second kappa shape index (κ2) is 2.94. The number of carbonyl (C=O) groups is 1. The second-order valence-electron chi connectivity index (χ2n) is 3.67. The van der Waals surface area contributed by atoms with Gasteiger partial charge >= 0.3 is 0 Å². The molecule has 0 radical (unpaired) electrons. The largest absolute Gasteiger partial charge is 0.378 e. The normalized spacial score (nSPS) is 38.5. The third kappa shape index (κ3) is 1.62. The van der Waals surface area contributed by atoms with Crippen LogP contribution in [0.1, 0.15) is 25.7 Å². The van der Waals surface area contributed by atoms with Gasteiger partial charge in [-0.05, 0) is 31.6 Å². The Morgan fingerprint density at radius 2 is 2.09 bits per heavy atom. The van der Waals surface area contributed by atoms with E-state index < -0.39 is 0 Å². The zero-order valence-electron chi connectivity index (χ0n) is 6.66. The Kier molecular flexibility index (Phi) is 1.95. The molecule has 1 heterocycles. The van der Waals surface area contributed by atoms with Crippen LogP contribution in [-0.4, -0.2) is 19.0 Å². The lowest BCUT2D eigenvalue weighted by atomic mass is 9.95. The first kappa shape index (κ1) is 7.29. The minimum Gasteiger partial charge on any atom is -0.378 e. The first-order chi connectivity index (χ1) is 5.40. The van der Waals surface area contributed by atoms with Gasteiger partial charge in [0.05, 0.1) is 6.10 Å². The maximum Gasteiger partial charge on any atom is 0.123 e. The van der Waals surface area contributed by atoms with Crippen LogP contribution in [-0.2, 0) is 9.53 Å². The average molecular weight is 154 g/mol. The van der Waals surface area contributed by atoms with E-state index in [-0.39, 0.29) is 5.92 Å². The zero-order chi connectivity index (χ0) is 7.68. The van der Waals surface area contributed by atoms with E-state index in [1.807, 2.05) is 0 Å². The van der Waals surface area contributed by atoms with Crippen molar-refractivity contribution >= 4 is 6.29 Å². The molecule has 2 rings (SSSR count). The molecule has 0 amide bonds. The van der Waals surface area contributed by atoms with Crippen LogP contribution in [0.15, 0.2) is 0 Å². The number of rotatable bonds is 2. The zero-order valence-corrected chi connectivity index (χ0v) is 6.66. The van der Waals surface area contributed by atoms with Crippen molar-refractivity contribution in [3.05, 3.63) is 0 Å². The van der Waals surface area contributed by atoms with Gasteiger partial charge in [0.1, 0.15) is 6.29 Å². The highest BCUT2D eigenvalue weighted by Gasteiger charge is 2.35. The maximum atomic E-state index is 10.5. The quantitative estimate of drug-likeness (QED) is 0.562. The van der Waals surface area contributed by atoms with E-state index in [2.05, 4.69) is 0 Å². The van der Waals surface area contributed by atoms with Crippen molar-refractivity contribution in [3.63, 3.8) is 0 Å². The monoisotopic (exact) mass is 154 g/mol.